The first-order valence-corrected chi connectivity index (χ1v) is 9.09. The maximum Gasteiger partial charge on any atom is 0.128 e. The topological polar surface area (TPSA) is 35.8 Å². The molecular weight excluding hydrogens is 320 g/mol. The predicted molar refractivity (Wildman–Crippen MR) is 114 cm³/mol. The Kier molecular flexibility index (Phi) is 5.50. The van der Waals surface area contributed by atoms with Crippen LogP contribution < -0.4 is 4.90 Å². The molecule has 0 aliphatic carbocycles. The third kappa shape index (κ3) is 4.46. The number of aliphatic imine (C=N–C) groups is 1. The van der Waals surface area contributed by atoms with Gasteiger partial charge in [-0.2, -0.15) is 0 Å². The molecule has 0 amide bonds. The number of anilines is 1. The predicted octanol–water partition coefficient (Wildman–Crippen LogP) is 5.80. The van der Waals surface area contributed by atoms with E-state index in [1.54, 1.807) is 6.21 Å². The number of rotatable bonds is 3. The Morgan fingerprint density at radius 1 is 0.923 bits per heavy atom. The molecule has 3 heteroatoms. The van der Waals surface area contributed by atoms with E-state index < -0.39 is 0 Å². The monoisotopic (exact) mass is 352 g/mol. The lowest BCUT2D eigenvalue weighted by Crippen LogP contribution is -2.17. The van der Waals surface area contributed by atoms with Crippen molar-refractivity contribution in [1.29, 1.82) is 0 Å². The number of para-hydroxylation sites is 2. The van der Waals surface area contributed by atoms with Gasteiger partial charge in [-0.05, 0) is 34.6 Å². The third-order valence-electron chi connectivity index (χ3n) is 4.52. The minimum atomic E-state index is -0.143. The van der Waals surface area contributed by atoms with Crippen LogP contribution in [-0.4, -0.2) is 25.4 Å². The van der Waals surface area contributed by atoms with Gasteiger partial charge in [-0.3, -0.25) is 4.99 Å². The first-order valence-electron chi connectivity index (χ1n) is 9.09. The van der Waals surface area contributed by atoms with Crippen molar-refractivity contribution >= 4 is 17.6 Å². The van der Waals surface area contributed by atoms with E-state index in [1.165, 1.54) is 5.56 Å². The molecule has 140 valence electrons. The zero-order chi connectivity index (χ0) is 19.7. The number of aromatic hydroxyl groups is 1. The van der Waals surface area contributed by atoms with Crippen LogP contribution in [0.1, 0.15) is 58.2 Å². The number of phenolic OH excluding ortho intramolecular Hbond substituents is 1. The van der Waals surface area contributed by atoms with Gasteiger partial charge in [0.15, 0.2) is 0 Å². The van der Waals surface area contributed by atoms with Crippen LogP contribution in [0.4, 0.5) is 11.4 Å². The highest BCUT2D eigenvalue weighted by atomic mass is 16.3. The molecule has 0 spiro atoms. The largest absolute Gasteiger partial charge is 0.507 e. The van der Waals surface area contributed by atoms with Gasteiger partial charge in [0.05, 0.1) is 11.4 Å². The second kappa shape index (κ2) is 7.14. The Labute approximate surface area is 158 Å². The molecule has 3 nitrogen and oxygen atoms in total. The zero-order valence-electron chi connectivity index (χ0n) is 17.4. The number of benzene rings is 2. The molecule has 26 heavy (non-hydrogen) atoms. The lowest BCUT2D eigenvalue weighted by Gasteiger charge is -2.27. The van der Waals surface area contributed by atoms with Crippen LogP contribution in [0.15, 0.2) is 41.4 Å². The van der Waals surface area contributed by atoms with Gasteiger partial charge in [0.1, 0.15) is 5.75 Å². The molecule has 2 rings (SSSR count). The van der Waals surface area contributed by atoms with Crippen molar-refractivity contribution in [3.05, 3.63) is 53.1 Å². The highest BCUT2D eigenvalue weighted by Gasteiger charge is 2.24. The number of phenols is 1. The van der Waals surface area contributed by atoms with Gasteiger partial charge in [-0.25, -0.2) is 0 Å². The summed E-state index contributed by atoms with van der Waals surface area (Å²) in [4.78, 5) is 6.72. The Morgan fingerprint density at radius 3 is 2.08 bits per heavy atom. The SMILES string of the molecule is CN(C)c1ccccc1N=Cc1cc(C(C)(C)C)cc(C(C)(C)C)c1O. The molecule has 0 saturated heterocycles. The van der Waals surface area contributed by atoms with Gasteiger partial charge < -0.3 is 10.0 Å². The van der Waals surface area contributed by atoms with Gasteiger partial charge in [-0.1, -0.05) is 59.7 Å². The van der Waals surface area contributed by atoms with Crippen molar-refractivity contribution in [2.24, 2.45) is 4.99 Å². The molecule has 2 aromatic rings. The smallest absolute Gasteiger partial charge is 0.128 e. The summed E-state index contributed by atoms with van der Waals surface area (Å²) >= 11 is 0. The van der Waals surface area contributed by atoms with Crippen LogP contribution in [0.5, 0.6) is 5.75 Å². The average Bonchev–Trinajstić information content (AvgIpc) is 2.51. The van der Waals surface area contributed by atoms with Crippen molar-refractivity contribution in [2.45, 2.75) is 52.4 Å². The molecule has 0 aromatic heterocycles. The Morgan fingerprint density at radius 2 is 1.54 bits per heavy atom. The fourth-order valence-corrected chi connectivity index (χ4v) is 2.85. The quantitative estimate of drug-likeness (QED) is 0.708. The van der Waals surface area contributed by atoms with Crippen LogP contribution in [0.2, 0.25) is 0 Å². The van der Waals surface area contributed by atoms with Crippen LogP contribution in [0.3, 0.4) is 0 Å². The fourth-order valence-electron chi connectivity index (χ4n) is 2.85. The van der Waals surface area contributed by atoms with Crippen LogP contribution in [-0.2, 0) is 10.8 Å². The zero-order valence-corrected chi connectivity index (χ0v) is 17.4. The van der Waals surface area contributed by atoms with Crippen LogP contribution in [0.25, 0.3) is 0 Å². The van der Waals surface area contributed by atoms with Gasteiger partial charge in [0.25, 0.3) is 0 Å². The Balaban J connectivity index is 2.59. The first-order chi connectivity index (χ1) is 11.9. The maximum absolute atomic E-state index is 10.9. The highest BCUT2D eigenvalue weighted by molar-refractivity contribution is 5.88. The molecule has 0 saturated carbocycles. The number of hydrogen-bond acceptors (Lipinski definition) is 3. The molecule has 2 aromatic carbocycles. The highest BCUT2D eigenvalue weighted by Crippen LogP contribution is 2.37. The van der Waals surface area contributed by atoms with Crippen molar-refractivity contribution in [2.75, 3.05) is 19.0 Å². The van der Waals surface area contributed by atoms with Crippen molar-refractivity contribution in [1.82, 2.24) is 0 Å². The molecule has 0 aliphatic rings. The summed E-state index contributed by atoms with van der Waals surface area (Å²) in [5.41, 5.74) is 4.69. The van der Waals surface area contributed by atoms with Gasteiger partial charge in [0, 0.05) is 31.4 Å². The second-order valence-corrected chi connectivity index (χ2v) is 9.10. The molecule has 1 N–H and O–H groups in total. The summed E-state index contributed by atoms with van der Waals surface area (Å²) in [5, 5.41) is 10.9. The Hall–Kier alpha value is -2.29. The van der Waals surface area contributed by atoms with E-state index in [2.05, 4.69) is 52.6 Å². The van der Waals surface area contributed by atoms with Gasteiger partial charge in [-0.15, -0.1) is 0 Å². The van der Waals surface area contributed by atoms with E-state index in [0.717, 1.165) is 22.5 Å². The molecule has 0 radical (unpaired) electrons. The summed E-state index contributed by atoms with van der Waals surface area (Å²) in [5.74, 6) is 0.316. The molecule has 0 bridgehead atoms. The third-order valence-corrected chi connectivity index (χ3v) is 4.52. The summed E-state index contributed by atoms with van der Waals surface area (Å²) in [7, 11) is 4.01. The number of hydrogen-bond donors (Lipinski definition) is 1. The molecule has 0 heterocycles. The van der Waals surface area contributed by atoms with E-state index in [0.29, 0.717) is 5.75 Å². The van der Waals surface area contributed by atoms with Crippen molar-refractivity contribution in [3.8, 4) is 5.75 Å². The second-order valence-electron chi connectivity index (χ2n) is 9.10. The molecule has 0 unspecified atom stereocenters. The lowest BCUT2D eigenvalue weighted by molar-refractivity contribution is 0.444. The van der Waals surface area contributed by atoms with E-state index in [-0.39, 0.29) is 10.8 Å². The molecule has 0 aliphatic heterocycles. The summed E-state index contributed by atoms with van der Waals surface area (Å²) < 4.78 is 0. The first kappa shape index (κ1) is 20.0. The average molecular weight is 353 g/mol. The van der Waals surface area contributed by atoms with E-state index in [9.17, 15) is 5.11 Å². The summed E-state index contributed by atoms with van der Waals surface area (Å²) in [6.07, 6.45) is 1.78. The number of nitrogens with zero attached hydrogens (tertiary/aromatic N) is 2. The summed E-state index contributed by atoms with van der Waals surface area (Å²) in [6, 6.07) is 12.2. The van der Waals surface area contributed by atoms with Crippen LogP contribution in [0, 0.1) is 0 Å². The van der Waals surface area contributed by atoms with E-state index in [1.807, 2.05) is 49.3 Å². The van der Waals surface area contributed by atoms with Gasteiger partial charge >= 0.3 is 0 Å². The molecular formula is C23H32N2O. The standard InChI is InChI=1S/C23H32N2O/c1-22(2,3)17-13-16(21(26)18(14-17)23(4,5)6)15-24-19-11-9-10-12-20(19)25(7)8/h9-15,26H,1-8H3. The maximum atomic E-state index is 10.9. The normalized spacial score (nSPS) is 12.6. The van der Waals surface area contributed by atoms with Crippen LogP contribution >= 0.6 is 0 Å². The van der Waals surface area contributed by atoms with Gasteiger partial charge in [0.2, 0.25) is 0 Å². The summed E-state index contributed by atoms with van der Waals surface area (Å²) in [6.45, 7) is 12.9. The molecule has 0 atom stereocenters. The minimum absolute atomic E-state index is 0.00215. The Bertz CT molecular complexity index is 806. The fraction of sp³-hybridized carbons (Fsp3) is 0.435. The van der Waals surface area contributed by atoms with Crippen molar-refractivity contribution < 1.29 is 5.11 Å². The minimum Gasteiger partial charge on any atom is -0.507 e. The van der Waals surface area contributed by atoms with E-state index in [4.69, 9.17) is 0 Å². The van der Waals surface area contributed by atoms with Crippen molar-refractivity contribution in [3.63, 3.8) is 0 Å². The lowest BCUT2D eigenvalue weighted by atomic mass is 9.79. The molecule has 0 fully saturated rings. The van der Waals surface area contributed by atoms with E-state index >= 15 is 0 Å².